The average Bonchev–Trinajstić information content (AvgIpc) is 2.41. The van der Waals surface area contributed by atoms with Crippen LogP contribution < -0.4 is 10.6 Å². The summed E-state index contributed by atoms with van der Waals surface area (Å²) < 4.78 is 31.9. The molecule has 0 fully saturated rings. The summed E-state index contributed by atoms with van der Waals surface area (Å²) in [5.74, 6) is 0. The van der Waals surface area contributed by atoms with Gasteiger partial charge in [-0.05, 0) is 42.5 Å². The monoisotopic (exact) mass is 370 g/mol. The number of benzene rings is 2. The van der Waals surface area contributed by atoms with Crippen LogP contribution >= 0.6 is 15.9 Å². The van der Waals surface area contributed by atoms with Gasteiger partial charge in [-0.15, -0.1) is 0 Å². The van der Waals surface area contributed by atoms with Crippen molar-refractivity contribution < 1.29 is 17.8 Å². The van der Waals surface area contributed by atoms with Gasteiger partial charge in [0.05, 0.1) is 4.90 Å². The molecule has 0 aliphatic carbocycles. The number of nitrogens with one attached hydrogen (secondary N) is 2. The van der Waals surface area contributed by atoms with Crippen LogP contribution in [0.1, 0.15) is 0 Å². The Morgan fingerprint density at radius 2 is 1.62 bits per heavy atom. The molecule has 2 amide bonds. The summed E-state index contributed by atoms with van der Waals surface area (Å²) in [6.45, 7) is 0. The Balaban J connectivity index is 2.08. The lowest BCUT2D eigenvalue weighted by molar-refractivity contribution is 0.262. The first kappa shape index (κ1) is 15.5. The zero-order chi connectivity index (χ0) is 15.5. The highest BCUT2D eigenvalue weighted by atomic mass is 79.9. The van der Waals surface area contributed by atoms with Gasteiger partial charge in [0.2, 0.25) is 0 Å². The van der Waals surface area contributed by atoms with E-state index in [0.29, 0.717) is 5.69 Å². The van der Waals surface area contributed by atoms with Crippen molar-refractivity contribution in [3.8, 4) is 0 Å². The zero-order valence-corrected chi connectivity index (χ0v) is 13.0. The van der Waals surface area contributed by atoms with Crippen molar-refractivity contribution in [1.29, 1.82) is 0 Å². The van der Waals surface area contributed by atoms with Crippen LogP contribution in [0.4, 0.5) is 16.2 Å². The summed E-state index contributed by atoms with van der Waals surface area (Å²) >= 11 is 3.28. The molecule has 2 rings (SSSR count). The summed E-state index contributed by atoms with van der Waals surface area (Å²) in [6.07, 6.45) is 0. The number of carbonyl (C=O) groups excluding carboxylic acids is 1. The second kappa shape index (κ2) is 6.25. The summed E-state index contributed by atoms with van der Waals surface area (Å²) in [7, 11) is -4.30. The Kier molecular flexibility index (Phi) is 4.61. The fourth-order valence-corrected chi connectivity index (χ4v) is 2.35. The number of halogens is 1. The summed E-state index contributed by atoms with van der Waals surface area (Å²) in [5.41, 5.74) is 0.835. The minimum atomic E-state index is -4.30. The number of amides is 2. The molecule has 6 nitrogen and oxygen atoms in total. The van der Waals surface area contributed by atoms with Gasteiger partial charge in [0.15, 0.2) is 0 Å². The predicted octanol–water partition coefficient (Wildman–Crippen LogP) is 3.34. The molecule has 0 heterocycles. The van der Waals surface area contributed by atoms with E-state index in [2.05, 4.69) is 26.6 Å². The highest BCUT2D eigenvalue weighted by Crippen LogP contribution is 2.17. The van der Waals surface area contributed by atoms with Crippen LogP contribution in [-0.2, 0) is 10.1 Å². The number of anilines is 2. The highest BCUT2D eigenvalue weighted by Gasteiger charge is 2.10. The minimum absolute atomic E-state index is 0.250. The van der Waals surface area contributed by atoms with Crippen molar-refractivity contribution >= 4 is 43.5 Å². The lowest BCUT2D eigenvalue weighted by atomic mass is 10.3. The molecule has 0 bridgehead atoms. The second-order valence-electron chi connectivity index (χ2n) is 4.09. The third-order valence-electron chi connectivity index (χ3n) is 2.49. The van der Waals surface area contributed by atoms with E-state index in [4.69, 9.17) is 4.55 Å². The number of hydrogen-bond acceptors (Lipinski definition) is 3. The molecule has 0 saturated heterocycles. The SMILES string of the molecule is O=C(Nc1ccc(Br)cc1)Nc1cccc(S(=O)(=O)O)c1. The summed E-state index contributed by atoms with van der Waals surface area (Å²) in [4.78, 5) is 11.5. The van der Waals surface area contributed by atoms with Crippen LogP contribution in [0.15, 0.2) is 57.9 Å². The molecule has 110 valence electrons. The van der Waals surface area contributed by atoms with Crippen LogP contribution in [0.25, 0.3) is 0 Å². The Labute approximate surface area is 130 Å². The van der Waals surface area contributed by atoms with E-state index < -0.39 is 16.1 Å². The van der Waals surface area contributed by atoms with E-state index in [9.17, 15) is 13.2 Å². The molecule has 8 heteroatoms. The zero-order valence-electron chi connectivity index (χ0n) is 10.6. The molecule has 0 aliphatic rings. The molecule has 0 aliphatic heterocycles. The van der Waals surface area contributed by atoms with Crippen LogP contribution in [0.2, 0.25) is 0 Å². The van der Waals surface area contributed by atoms with E-state index in [1.807, 2.05) is 0 Å². The van der Waals surface area contributed by atoms with E-state index >= 15 is 0 Å². The van der Waals surface area contributed by atoms with E-state index in [0.717, 1.165) is 10.5 Å². The first-order valence-electron chi connectivity index (χ1n) is 5.76. The smallest absolute Gasteiger partial charge is 0.308 e. The molecule has 0 spiro atoms. The minimum Gasteiger partial charge on any atom is -0.308 e. The molecule has 0 atom stereocenters. The van der Waals surface area contributed by atoms with Gasteiger partial charge in [0.1, 0.15) is 0 Å². The van der Waals surface area contributed by atoms with Gasteiger partial charge in [-0.25, -0.2) is 4.79 Å². The molecule has 0 radical (unpaired) electrons. The maximum atomic E-state index is 11.8. The van der Waals surface area contributed by atoms with Gasteiger partial charge in [-0.3, -0.25) is 4.55 Å². The Hall–Kier alpha value is -1.90. The van der Waals surface area contributed by atoms with E-state index in [1.54, 1.807) is 24.3 Å². The van der Waals surface area contributed by atoms with Gasteiger partial charge < -0.3 is 10.6 Å². The highest BCUT2D eigenvalue weighted by molar-refractivity contribution is 9.10. The van der Waals surface area contributed by atoms with Crippen molar-refractivity contribution in [3.63, 3.8) is 0 Å². The van der Waals surface area contributed by atoms with E-state index in [1.165, 1.54) is 18.2 Å². The maximum Gasteiger partial charge on any atom is 0.323 e. The molecule has 2 aromatic carbocycles. The predicted molar refractivity (Wildman–Crippen MR) is 83.0 cm³/mol. The third-order valence-corrected chi connectivity index (χ3v) is 3.87. The Morgan fingerprint density at radius 1 is 1.00 bits per heavy atom. The number of rotatable bonds is 3. The van der Waals surface area contributed by atoms with Crippen molar-refractivity contribution in [2.24, 2.45) is 0 Å². The lowest BCUT2D eigenvalue weighted by Gasteiger charge is -2.08. The van der Waals surface area contributed by atoms with Crippen molar-refractivity contribution in [2.45, 2.75) is 4.90 Å². The quantitative estimate of drug-likeness (QED) is 0.721. The first-order valence-corrected chi connectivity index (χ1v) is 7.99. The second-order valence-corrected chi connectivity index (χ2v) is 6.43. The normalized spacial score (nSPS) is 11.0. The van der Waals surface area contributed by atoms with E-state index in [-0.39, 0.29) is 10.6 Å². The maximum absolute atomic E-state index is 11.8. The molecular weight excluding hydrogens is 360 g/mol. The van der Waals surface area contributed by atoms with Crippen LogP contribution in [0.5, 0.6) is 0 Å². The lowest BCUT2D eigenvalue weighted by Crippen LogP contribution is -2.19. The van der Waals surface area contributed by atoms with Crippen LogP contribution in [0, 0.1) is 0 Å². The van der Waals surface area contributed by atoms with Gasteiger partial charge >= 0.3 is 6.03 Å². The van der Waals surface area contributed by atoms with Gasteiger partial charge in [0.25, 0.3) is 10.1 Å². The first-order chi connectivity index (χ1) is 9.84. The van der Waals surface area contributed by atoms with Crippen molar-refractivity contribution in [1.82, 2.24) is 0 Å². The van der Waals surface area contributed by atoms with Crippen LogP contribution in [0.3, 0.4) is 0 Å². The molecule has 0 aromatic heterocycles. The topological polar surface area (TPSA) is 95.5 Å². The molecule has 3 N–H and O–H groups in total. The van der Waals surface area contributed by atoms with Gasteiger partial charge in [-0.2, -0.15) is 8.42 Å². The summed E-state index contributed by atoms with van der Waals surface area (Å²) in [6, 6.07) is 11.8. The Morgan fingerprint density at radius 3 is 2.24 bits per heavy atom. The third kappa shape index (κ3) is 4.55. The number of hydrogen-bond donors (Lipinski definition) is 3. The van der Waals surface area contributed by atoms with Gasteiger partial charge in [-0.1, -0.05) is 22.0 Å². The van der Waals surface area contributed by atoms with Crippen molar-refractivity contribution in [2.75, 3.05) is 10.6 Å². The molecule has 21 heavy (non-hydrogen) atoms. The van der Waals surface area contributed by atoms with Gasteiger partial charge in [0, 0.05) is 15.8 Å². The molecular formula is C13H11BrN2O4S. The standard InChI is InChI=1S/C13H11BrN2O4S/c14-9-4-6-10(7-5-9)15-13(17)16-11-2-1-3-12(8-11)21(18,19)20/h1-8H,(H2,15,16,17)(H,18,19,20). The van der Waals surface area contributed by atoms with Crippen molar-refractivity contribution in [3.05, 3.63) is 53.0 Å². The molecule has 0 unspecified atom stereocenters. The average molecular weight is 371 g/mol. The molecule has 0 saturated carbocycles. The van der Waals surface area contributed by atoms with Crippen LogP contribution in [-0.4, -0.2) is 19.0 Å². The largest absolute Gasteiger partial charge is 0.323 e. The fraction of sp³-hybridized carbons (Fsp3) is 0. The summed E-state index contributed by atoms with van der Waals surface area (Å²) in [5, 5.41) is 5.07. The Bertz CT molecular complexity index is 760. The fourth-order valence-electron chi connectivity index (χ4n) is 1.56. The molecule has 2 aromatic rings. The number of carbonyl (C=O) groups is 1. The number of urea groups is 1.